The van der Waals surface area contributed by atoms with E-state index in [1.54, 1.807) is 0 Å². The molecule has 3 N–H and O–H groups in total. The summed E-state index contributed by atoms with van der Waals surface area (Å²) in [6.45, 7) is 0. The van der Waals surface area contributed by atoms with Gasteiger partial charge in [-0.15, -0.1) is 0 Å². The normalized spacial score (nSPS) is 10.7. The first kappa shape index (κ1) is 12.8. The van der Waals surface area contributed by atoms with E-state index >= 15 is 0 Å². The third-order valence-corrected chi connectivity index (χ3v) is 3.54. The van der Waals surface area contributed by atoms with Gasteiger partial charge in [-0.2, -0.15) is 10.2 Å². The molecule has 2 rings (SSSR count). The minimum Gasteiger partial charge on any atom is -0.368 e. The lowest BCUT2D eigenvalue weighted by atomic mass is 10.2. The van der Waals surface area contributed by atoms with Gasteiger partial charge in [0.25, 0.3) is 10.0 Å². The Morgan fingerprint density at radius 3 is 2.79 bits per heavy atom. The van der Waals surface area contributed by atoms with E-state index in [4.69, 9.17) is 11.0 Å². The average molecular weight is 275 g/mol. The Hall–Kier alpha value is -2.66. The second-order valence-electron chi connectivity index (χ2n) is 3.55. The number of nitrogens with two attached hydrogens (primary N) is 1. The average Bonchev–Trinajstić information content (AvgIpc) is 2.38. The zero-order valence-electron chi connectivity index (χ0n) is 9.61. The number of rotatable bonds is 3. The van der Waals surface area contributed by atoms with E-state index in [1.165, 1.54) is 36.5 Å². The zero-order valence-corrected chi connectivity index (χ0v) is 10.4. The van der Waals surface area contributed by atoms with Crippen LogP contribution < -0.4 is 10.5 Å². The second kappa shape index (κ2) is 4.91. The van der Waals surface area contributed by atoms with Crippen LogP contribution in [-0.2, 0) is 10.0 Å². The summed E-state index contributed by atoms with van der Waals surface area (Å²) >= 11 is 0. The summed E-state index contributed by atoms with van der Waals surface area (Å²) in [6, 6.07) is 8.91. The van der Waals surface area contributed by atoms with Gasteiger partial charge in [0.1, 0.15) is 5.82 Å². The summed E-state index contributed by atoms with van der Waals surface area (Å²) in [5.74, 6) is 0.0286. The Labute approximate surface area is 109 Å². The van der Waals surface area contributed by atoms with Crippen LogP contribution in [0, 0.1) is 11.3 Å². The Kier molecular flexibility index (Phi) is 3.31. The fourth-order valence-electron chi connectivity index (χ4n) is 1.36. The molecule has 2 aromatic rings. The van der Waals surface area contributed by atoms with Gasteiger partial charge in [0.05, 0.1) is 16.5 Å². The molecule has 1 aromatic heterocycles. The number of anilines is 2. The van der Waals surface area contributed by atoms with Crippen LogP contribution in [0.25, 0.3) is 0 Å². The van der Waals surface area contributed by atoms with E-state index in [0.29, 0.717) is 0 Å². The molecule has 0 fully saturated rings. The lowest BCUT2D eigenvalue weighted by molar-refractivity contribution is 0.601. The first-order valence-corrected chi connectivity index (χ1v) is 6.61. The number of hydrogen-bond donors (Lipinski definition) is 2. The largest absolute Gasteiger partial charge is 0.368 e. The number of nitrogens with zero attached hydrogens (tertiary/aromatic N) is 3. The molecule has 7 nitrogen and oxygen atoms in total. The molecule has 0 bridgehead atoms. The molecule has 0 saturated heterocycles. The second-order valence-corrected chi connectivity index (χ2v) is 5.23. The molecule has 1 aromatic carbocycles. The van der Waals surface area contributed by atoms with Crippen LogP contribution in [0.2, 0.25) is 0 Å². The zero-order chi connectivity index (χ0) is 13.9. The molecule has 0 atom stereocenters. The molecular weight excluding hydrogens is 266 g/mol. The third kappa shape index (κ3) is 2.97. The maximum absolute atomic E-state index is 12.1. The summed E-state index contributed by atoms with van der Waals surface area (Å²) in [7, 11) is -3.81. The highest BCUT2D eigenvalue weighted by Gasteiger charge is 2.15. The van der Waals surface area contributed by atoms with Crippen molar-refractivity contribution in [3.8, 4) is 6.07 Å². The Morgan fingerprint density at radius 1 is 1.32 bits per heavy atom. The molecule has 19 heavy (non-hydrogen) atoms. The molecule has 1 heterocycles. The molecule has 0 aliphatic rings. The van der Waals surface area contributed by atoms with E-state index in [2.05, 4.69) is 14.7 Å². The van der Waals surface area contributed by atoms with E-state index in [9.17, 15) is 8.42 Å². The Balaban J connectivity index is 2.35. The van der Waals surface area contributed by atoms with Crippen molar-refractivity contribution >= 4 is 21.8 Å². The lowest BCUT2D eigenvalue weighted by Gasteiger charge is -2.07. The maximum Gasteiger partial charge on any atom is 0.263 e. The fraction of sp³-hybridized carbons (Fsp3) is 0. The first-order chi connectivity index (χ1) is 9.01. The number of aromatic nitrogens is 2. The Bertz CT molecular complexity index is 752. The summed E-state index contributed by atoms with van der Waals surface area (Å²) in [5.41, 5.74) is 5.62. The van der Waals surface area contributed by atoms with Gasteiger partial charge in [-0.25, -0.2) is 13.4 Å². The van der Waals surface area contributed by atoms with Crippen molar-refractivity contribution in [2.45, 2.75) is 4.90 Å². The van der Waals surface area contributed by atoms with Crippen molar-refractivity contribution in [2.24, 2.45) is 0 Å². The van der Waals surface area contributed by atoms with Gasteiger partial charge >= 0.3 is 0 Å². The van der Waals surface area contributed by atoms with Crippen LogP contribution in [0.5, 0.6) is 0 Å². The minimum atomic E-state index is -3.81. The van der Waals surface area contributed by atoms with Gasteiger partial charge in [-0.05, 0) is 24.3 Å². The molecule has 0 saturated carbocycles. The highest BCUT2D eigenvalue weighted by atomic mass is 32.2. The highest BCUT2D eigenvalue weighted by molar-refractivity contribution is 7.92. The number of nitrogens with one attached hydrogen (secondary N) is 1. The van der Waals surface area contributed by atoms with Gasteiger partial charge in [-0.1, -0.05) is 6.07 Å². The number of sulfonamides is 1. The first-order valence-electron chi connectivity index (χ1n) is 5.13. The van der Waals surface area contributed by atoms with Crippen molar-refractivity contribution in [1.82, 2.24) is 9.97 Å². The summed E-state index contributed by atoms with van der Waals surface area (Å²) in [4.78, 5) is 7.37. The van der Waals surface area contributed by atoms with E-state index in [0.717, 1.165) is 0 Å². The SMILES string of the molecule is N#Cc1cccc(S(=O)(=O)Nc2ccnc(N)n2)c1. The number of benzene rings is 1. The van der Waals surface area contributed by atoms with Crippen molar-refractivity contribution < 1.29 is 8.42 Å². The number of nitriles is 1. The predicted octanol–water partition coefficient (Wildman–Crippen LogP) is 0.731. The number of hydrogen-bond acceptors (Lipinski definition) is 6. The van der Waals surface area contributed by atoms with Crippen LogP contribution in [0.4, 0.5) is 11.8 Å². The lowest BCUT2D eigenvalue weighted by Crippen LogP contribution is -2.14. The summed E-state index contributed by atoms with van der Waals surface area (Å²) in [6.07, 6.45) is 1.34. The minimum absolute atomic E-state index is 0.0243. The molecular formula is C11H9N5O2S. The van der Waals surface area contributed by atoms with E-state index < -0.39 is 10.0 Å². The fourth-order valence-corrected chi connectivity index (χ4v) is 2.41. The quantitative estimate of drug-likeness (QED) is 0.851. The van der Waals surface area contributed by atoms with Crippen LogP contribution >= 0.6 is 0 Å². The number of nitrogen functional groups attached to an aromatic ring is 1. The van der Waals surface area contributed by atoms with Crippen LogP contribution in [0.3, 0.4) is 0 Å². The van der Waals surface area contributed by atoms with Gasteiger partial charge in [0.2, 0.25) is 5.95 Å². The molecule has 0 unspecified atom stereocenters. The highest BCUT2D eigenvalue weighted by Crippen LogP contribution is 2.15. The van der Waals surface area contributed by atoms with Crippen LogP contribution in [-0.4, -0.2) is 18.4 Å². The van der Waals surface area contributed by atoms with E-state index in [-0.39, 0.29) is 22.2 Å². The van der Waals surface area contributed by atoms with Crippen molar-refractivity contribution in [1.29, 1.82) is 5.26 Å². The molecule has 0 aliphatic heterocycles. The van der Waals surface area contributed by atoms with Gasteiger partial charge < -0.3 is 5.73 Å². The monoisotopic (exact) mass is 275 g/mol. The standard InChI is InChI=1S/C11H9N5O2S/c12-7-8-2-1-3-9(6-8)19(17,18)16-10-4-5-14-11(13)15-10/h1-6H,(H3,13,14,15,16). The predicted molar refractivity (Wildman–Crippen MR) is 68.4 cm³/mol. The molecule has 0 amide bonds. The third-order valence-electron chi connectivity index (χ3n) is 2.19. The molecule has 8 heteroatoms. The van der Waals surface area contributed by atoms with Crippen molar-refractivity contribution in [3.63, 3.8) is 0 Å². The van der Waals surface area contributed by atoms with Crippen molar-refractivity contribution in [2.75, 3.05) is 10.5 Å². The van der Waals surface area contributed by atoms with Crippen LogP contribution in [0.15, 0.2) is 41.4 Å². The molecule has 0 radical (unpaired) electrons. The summed E-state index contributed by atoms with van der Waals surface area (Å²) in [5, 5.41) is 8.75. The maximum atomic E-state index is 12.1. The molecule has 0 spiro atoms. The van der Waals surface area contributed by atoms with Gasteiger partial charge in [0.15, 0.2) is 0 Å². The van der Waals surface area contributed by atoms with Crippen LogP contribution in [0.1, 0.15) is 5.56 Å². The van der Waals surface area contributed by atoms with E-state index in [1.807, 2.05) is 6.07 Å². The van der Waals surface area contributed by atoms with Crippen molar-refractivity contribution in [3.05, 3.63) is 42.1 Å². The summed E-state index contributed by atoms with van der Waals surface area (Å²) < 4.78 is 26.4. The Morgan fingerprint density at radius 2 is 2.11 bits per heavy atom. The van der Waals surface area contributed by atoms with Gasteiger partial charge in [0, 0.05) is 6.20 Å². The topological polar surface area (TPSA) is 122 Å². The molecule has 96 valence electrons. The van der Waals surface area contributed by atoms with Gasteiger partial charge in [-0.3, -0.25) is 4.72 Å². The molecule has 0 aliphatic carbocycles. The smallest absolute Gasteiger partial charge is 0.263 e.